The van der Waals surface area contributed by atoms with Crippen LogP contribution in [0.5, 0.6) is 0 Å². The van der Waals surface area contributed by atoms with E-state index in [4.69, 9.17) is 0 Å². The molecule has 1 amide bonds. The van der Waals surface area contributed by atoms with Crippen molar-refractivity contribution in [3.05, 3.63) is 88.2 Å². The lowest BCUT2D eigenvalue weighted by Crippen LogP contribution is -2.23. The topological polar surface area (TPSA) is 90.1 Å². The third-order valence-electron chi connectivity index (χ3n) is 3.50. The van der Waals surface area contributed by atoms with Crippen molar-refractivity contribution >= 4 is 11.6 Å². The molecule has 1 N–H and O–H groups in total. The highest BCUT2D eigenvalue weighted by Gasteiger charge is 2.18. The lowest BCUT2D eigenvalue weighted by atomic mass is 10.1. The zero-order valence-corrected chi connectivity index (χ0v) is 12.6. The van der Waals surface area contributed by atoms with Crippen LogP contribution in [0.2, 0.25) is 0 Å². The maximum Gasteiger partial charge on any atom is 0.282 e. The Hall–Kier alpha value is -3.48. The highest BCUT2D eigenvalue weighted by Crippen LogP contribution is 2.17. The maximum absolute atomic E-state index is 12.2. The number of aromatic nitrogens is 2. The van der Waals surface area contributed by atoms with E-state index in [1.165, 1.54) is 18.2 Å². The van der Waals surface area contributed by atoms with Crippen molar-refractivity contribution in [1.82, 2.24) is 15.1 Å². The van der Waals surface area contributed by atoms with Gasteiger partial charge in [0.25, 0.3) is 11.6 Å². The fourth-order valence-electron chi connectivity index (χ4n) is 2.29. The van der Waals surface area contributed by atoms with E-state index >= 15 is 0 Å². The van der Waals surface area contributed by atoms with Gasteiger partial charge in [0.2, 0.25) is 0 Å². The first-order valence-corrected chi connectivity index (χ1v) is 7.26. The molecule has 0 atom stereocenters. The van der Waals surface area contributed by atoms with Gasteiger partial charge in [0.15, 0.2) is 0 Å². The lowest BCUT2D eigenvalue weighted by molar-refractivity contribution is -0.385. The maximum atomic E-state index is 12.2. The van der Waals surface area contributed by atoms with Crippen molar-refractivity contribution in [3.63, 3.8) is 0 Å². The Labute approximate surface area is 137 Å². The molecule has 7 nitrogen and oxygen atoms in total. The molecule has 24 heavy (non-hydrogen) atoms. The third-order valence-corrected chi connectivity index (χ3v) is 3.50. The minimum atomic E-state index is -0.562. The van der Waals surface area contributed by atoms with Gasteiger partial charge in [-0.3, -0.25) is 14.9 Å². The van der Waals surface area contributed by atoms with Gasteiger partial charge in [-0.05, 0) is 29.8 Å². The number of carbonyl (C=O) groups is 1. The van der Waals surface area contributed by atoms with Crippen molar-refractivity contribution in [2.24, 2.45) is 0 Å². The molecule has 0 spiro atoms. The second kappa shape index (κ2) is 6.74. The first kappa shape index (κ1) is 15.4. The Balaban J connectivity index is 1.68. The summed E-state index contributed by atoms with van der Waals surface area (Å²) in [6.07, 6.45) is 3.53. The average molecular weight is 322 g/mol. The number of carbonyl (C=O) groups excluding carboxylic acids is 1. The Morgan fingerprint density at radius 2 is 1.88 bits per heavy atom. The summed E-state index contributed by atoms with van der Waals surface area (Å²) < 4.78 is 1.73. The van der Waals surface area contributed by atoms with Gasteiger partial charge in [-0.25, -0.2) is 4.68 Å². The van der Waals surface area contributed by atoms with E-state index in [9.17, 15) is 14.9 Å². The van der Waals surface area contributed by atoms with Crippen molar-refractivity contribution < 1.29 is 9.72 Å². The van der Waals surface area contributed by atoms with Crippen LogP contribution >= 0.6 is 0 Å². The van der Waals surface area contributed by atoms with Gasteiger partial charge in [-0.2, -0.15) is 5.10 Å². The van der Waals surface area contributed by atoms with E-state index in [1.54, 1.807) is 16.9 Å². The summed E-state index contributed by atoms with van der Waals surface area (Å²) in [5.74, 6) is -0.474. The van der Waals surface area contributed by atoms with Crippen LogP contribution in [0.15, 0.2) is 67.0 Å². The zero-order chi connectivity index (χ0) is 16.9. The van der Waals surface area contributed by atoms with E-state index in [-0.39, 0.29) is 17.8 Å². The number of hydrogen-bond donors (Lipinski definition) is 1. The van der Waals surface area contributed by atoms with Crippen LogP contribution in [0.4, 0.5) is 5.69 Å². The highest BCUT2D eigenvalue weighted by molar-refractivity contribution is 5.98. The second-order valence-electron chi connectivity index (χ2n) is 5.07. The van der Waals surface area contributed by atoms with Crippen LogP contribution in [-0.2, 0) is 6.54 Å². The van der Waals surface area contributed by atoms with E-state index in [0.717, 1.165) is 11.3 Å². The molecule has 0 radical (unpaired) electrons. The SMILES string of the molecule is O=C(NCc1ccc(-n2cccn2)cc1)c1ccccc1[N+](=O)[O-]. The van der Waals surface area contributed by atoms with Gasteiger partial charge in [-0.15, -0.1) is 0 Å². The smallest absolute Gasteiger partial charge is 0.282 e. The number of amides is 1. The summed E-state index contributed by atoms with van der Waals surface area (Å²) in [5.41, 5.74) is 1.64. The zero-order valence-electron chi connectivity index (χ0n) is 12.6. The van der Waals surface area contributed by atoms with Crippen LogP contribution in [-0.4, -0.2) is 20.6 Å². The highest BCUT2D eigenvalue weighted by atomic mass is 16.6. The largest absolute Gasteiger partial charge is 0.348 e. The molecule has 3 rings (SSSR count). The molecule has 0 saturated heterocycles. The number of nitrogens with one attached hydrogen (secondary N) is 1. The molecule has 3 aromatic rings. The number of rotatable bonds is 5. The summed E-state index contributed by atoms with van der Waals surface area (Å²) in [6.45, 7) is 0.282. The van der Waals surface area contributed by atoms with Gasteiger partial charge >= 0.3 is 0 Å². The van der Waals surface area contributed by atoms with Crippen LogP contribution in [0.3, 0.4) is 0 Å². The fraction of sp³-hybridized carbons (Fsp3) is 0.0588. The Morgan fingerprint density at radius 3 is 2.54 bits per heavy atom. The summed E-state index contributed by atoms with van der Waals surface area (Å²) in [5, 5.41) is 17.8. The van der Waals surface area contributed by atoms with Crippen LogP contribution in [0.25, 0.3) is 5.69 Å². The Bertz CT molecular complexity index is 858. The molecular formula is C17H14N4O3. The molecule has 1 aromatic heterocycles. The van der Waals surface area contributed by atoms with Gasteiger partial charge in [0.05, 0.1) is 10.6 Å². The predicted octanol–water partition coefficient (Wildman–Crippen LogP) is 2.71. The molecule has 120 valence electrons. The van der Waals surface area contributed by atoms with Crippen molar-refractivity contribution in [1.29, 1.82) is 0 Å². The fourth-order valence-corrected chi connectivity index (χ4v) is 2.29. The first-order valence-electron chi connectivity index (χ1n) is 7.26. The third kappa shape index (κ3) is 3.30. The number of hydrogen-bond acceptors (Lipinski definition) is 4. The standard InChI is InChI=1S/C17H14N4O3/c22-17(15-4-1-2-5-16(15)21(23)24)18-12-13-6-8-14(9-7-13)20-11-3-10-19-20/h1-11H,12H2,(H,18,22). The molecule has 0 aliphatic carbocycles. The normalized spacial score (nSPS) is 10.3. The van der Waals surface area contributed by atoms with Crippen molar-refractivity contribution in [2.75, 3.05) is 0 Å². The number of nitrogens with zero attached hydrogens (tertiary/aromatic N) is 3. The van der Waals surface area contributed by atoms with Gasteiger partial charge in [0, 0.05) is 25.0 Å². The molecule has 0 unspecified atom stereocenters. The minimum Gasteiger partial charge on any atom is -0.348 e. The van der Waals surface area contributed by atoms with Crippen LogP contribution < -0.4 is 5.32 Å². The van der Waals surface area contributed by atoms with Crippen LogP contribution in [0.1, 0.15) is 15.9 Å². The Morgan fingerprint density at radius 1 is 1.12 bits per heavy atom. The van der Waals surface area contributed by atoms with Crippen molar-refractivity contribution in [2.45, 2.75) is 6.54 Å². The Kier molecular flexibility index (Phi) is 4.33. The molecule has 2 aromatic carbocycles. The van der Waals surface area contributed by atoms with E-state index in [2.05, 4.69) is 10.4 Å². The van der Waals surface area contributed by atoms with E-state index in [1.807, 2.05) is 36.5 Å². The monoisotopic (exact) mass is 322 g/mol. The molecular weight excluding hydrogens is 308 g/mol. The van der Waals surface area contributed by atoms with Crippen LogP contribution in [0, 0.1) is 10.1 Å². The number of nitro benzene ring substituents is 1. The van der Waals surface area contributed by atoms with E-state index in [0.29, 0.717) is 0 Å². The minimum absolute atomic E-state index is 0.0515. The molecule has 1 heterocycles. The molecule has 0 saturated carbocycles. The van der Waals surface area contributed by atoms with E-state index < -0.39 is 10.8 Å². The van der Waals surface area contributed by atoms with Crippen molar-refractivity contribution in [3.8, 4) is 5.69 Å². The summed E-state index contributed by atoms with van der Waals surface area (Å²) in [4.78, 5) is 22.6. The molecule has 0 aliphatic heterocycles. The summed E-state index contributed by atoms with van der Waals surface area (Å²) in [7, 11) is 0. The lowest BCUT2D eigenvalue weighted by Gasteiger charge is -2.07. The van der Waals surface area contributed by atoms with Gasteiger partial charge in [-0.1, -0.05) is 24.3 Å². The molecule has 7 heteroatoms. The quantitative estimate of drug-likeness (QED) is 0.577. The first-order chi connectivity index (χ1) is 11.6. The second-order valence-corrected chi connectivity index (χ2v) is 5.07. The number of benzene rings is 2. The van der Waals surface area contributed by atoms with Gasteiger partial charge < -0.3 is 5.32 Å². The predicted molar refractivity (Wildman–Crippen MR) is 87.8 cm³/mol. The molecule has 0 bridgehead atoms. The molecule has 0 fully saturated rings. The number of nitro groups is 1. The van der Waals surface area contributed by atoms with Gasteiger partial charge in [0.1, 0.15) is 5.56 Å². The number of para-hydroxylation sites is 1. The average Bonchev–Trinajstić information content (AvgIpc) is 3.14. The molecule has 0 aliphatic rings. The summed E-state index contributed by atoms with van der Waals surface area (Å²) >= 11 is 0. The summed E-state index contributed by atoms with van der Waals surface area (Å²) in [6, 6.07) is 15.2.